The molecule has 80 valence electrons. The average molecular weight is 189 g/mol. The molecule has 0 unspecified atom stereocenters. The third-order valence-corrected chi connectivity index (χ3v) is 2.07. The minimum absolute atomic E-state index is 0.0145. The maximum atomic E-state index is 5.09. The molecule has 0 spiro atoms. The number of nitrogens with zero attached hydrogens (tertiary/aromatic N) is 1. The number of unbranched alkanes of at least 4 members (excludes halogenated alkanes) is 2. The van der Waals surface area contributed by atoms with E-state index < -0.39 is 0 Å². The van der Waals surface area contributed by atoms with Gasteiger partial charge in [0.05, 0.1) is 0 Å². The van der Waals surface area contributed by atoms with Gasteiger partial charge in [0.1, 0.15) is 0 Å². The van der Waals surface area contributed by atoms with Gasteiger partial charge in [-0.1, -0.05) is 6.42 Å². The lowest BCUT2D eigenvalue weighted by Gasteiger charge is -2.13. The standard InChI is InChI=1S/C10H23NO2/c1-11(2)9-7-5-6-8-10(12-3)13-4/h10H,5-9H2,1-4H3. The second-order valence-corrected chi connectivity index (χ2v) is 3.55. The Morgan fingerprint density at radius 1 is 1.00 bits per heavy atom. The van der Waals surface area contributed by atoms with Gasteiger partial charge in [-0.2, -0.15) is 0 Å². The van der Waals surface area contributed by atoms with Crippen LogP contribution in [0.3, 0.4) is 0 Å². The Morgan fingerprint density at radius 2 is 1.62 bits per heavy atom. The molecule has 0 radical (unpaired) electrons. The fourth-order valence-corrected chi connectivity index (χ4v) is 1.25. The molecule has 0 saturated carbocycles. The third-order valence-electron chi connectivity index (χ3n) is 2.07. The lowest BCUT2D eigenvalue weighted by atomic mass is 10.2. The molecule has 0 aromatic rings. The lowest BCUT2D eigenvalue weighted by molar-refractivity contribution is -0.107. The summed E-state index contributed by atoms with van der Waals surface area (Å²) in [5.41, 5.74) is 0. The largest absolute Gasteiger partial charge is 0.356 e. The van der Waals surface area contributed by atoms with Crippen molar-refractivity contribution in [1.82, 2.24) is 4.90 Å². The Hall–Kier alpha value is -0.120. The van der Waals surface area contributed by atoms with Crippen LogP contribution in [-0.4, -0.2) is 46.0 Å². The zero-order valence-corrected chi connectivity index (χ0v) is 9.38. The van der Waals surface area contributed by atoms with Crippen molar-refractivity contribution in [1.29, 1.82) is 0 Å². The van der Waals surface area contributed by atoms with Crippen molar-refractivity contribution in [2.75, 3.05) is 34.9 Å². The summed E-state index contributed by atoms with van der Waals surface area (Å²) < 4.78 is 10.2. The van der Waals surface area contributed by atoms with Crippen LogP contribution in [0.2, 0.25) is 0 Å². The third kappa shape index (κ3) is 8.22. The van der Waals surface area contributed by atoms with E-state index in [0.29, 0.717) is 0 Å². The van der Waals surface area contributed by atoms with Gasteiger partial charge < -0.3 is 14.4 Å². The first-order valence-corrected chi connectivity index (χ1v) is 4.91. The highest BCUT2D eigenvalue weighted by atomic mass is 16.7. The molecule has 0 aromatic carbocycles. The quantitative estimate of drug-likeness (QED) is 0.429. The van der Waals surface area contributed by atoms with Crippen molar-refractivity contribution in [2.24, 2.45) is 0 Å². The van der Waals surface area contributed by atoms with Gasteiger partial charge in [0, 0.05) is 14.2 Å². The highest BCUT2D eigenvalue weighted by Gasteiger charge is 2.03. The van der Waals surface area contributed by atoms with Gasteiger partial charge in [0.25, 0.3) is 0 Å². The van der Waals surface area contributed by atoms with Crippen LogP contribution >= 0.6 is 0 Å². The summed E-state index contributed by atoms with van der Waals surface area (Å²) in [5, 5.41) is 0. The normalized spacial score (nSPS) is 11.5. The second kappa shape index (κ2) is 8.48. The van der Waals surface area contributed by atoms with Crippen molar-refractivity contribution in [3.8, 4) is 0 Å². The second-order valence-electron chi connectivity index (χ2n) is 3.55. The number of methoxy groups -OCH3 is 2. The van der Waals surface area contributed by atoms with E-state index in [0.717, 1.165) is 6.42 Å². The Kier molecular flexibility index (Phi) is 8.40. The number of rotatable bonds is 8. The molecule has 3 heteroatoms. The maximum Gasteiger partial charge on any atom is 0.156 e. The zero-order valence-electron chi connectivity index (χ0n) is 9.38. The summed E-state index contributed by atoms with van der Waals surface area (Å²) in [5.74, 6) is 0. The van der Waals surface area contributed by atoms with Crippen molar-refractivity contribution in [3.63, 3.8) is 0 Å². The molecule has 0 N–H and O–H groups in total. The molecule has 0 amide bonds. The van der Waals surface area contributed by atoms with E-state index in [4.69, 9.17) is 9.47 Å². The van der Waals surface area contributed by atoms with Crippen molar-refractivity contribution >= 4 is 0 Å². The van der Waals surface area contributed by atoms with E-state index in [9.17, 15) is 0 Å². The molecule has 0 heterocycles. The Labute approximate surface area is 82.0 Å². The minimum Gasteiger partial charge on any atom is -0.356 e. The topological polar surface area (TPSA) is 21.7 Å². The smallest absolute Gasteiger partial charge is 0.156 e. The highest BCUT2D eigenvalue weighted by molar-refractivity contribution is 4.49. The van der Waals surface area contributed by atoms with Gasteiger partial charge in [-0.05, 0) is 39.9 Å². The molecule has 0 rings (SSSR count). The SMILES string of the molecule is COC(CCCCCN(C)C)OC. The van der Waals surface area contributed by atoms with E-state index in [1.807, 2.05) is 0 Å². The van der Waals surface area contributed by atoms with Crippen molar-refractivity contribution < 1.29 is 9.47 Å². The summed E-state index contributed by atoms with van der Waals surface area (Å²) in [6.07, 6.45) is 4.68. The first kappa shape index (κ1) is 12.9. The van der Waals surface area contributed by atoms with Crippen molar-refractivity contribution in [3.05, 3.63) is 0 Å². The molecular formula is C10H23NO2. The van der Waals surface area contributed by atoms with E-state index >= 15 is 0 Å². The summed E-state index contributed by atoms with van der Waals surface area (Å²) >= 11 is 0. The summed E-state index contributed by atoms with van der Waals surface area (Å²) in [6.45, 7) is 1.17. The highest BCUT2D eigenvalue weighted by Crippen LogP contribution is 2.06. The van der Waals surface area contributed by atoms with Gasteiger partial charge in [-0.25, -0.2) is 0 Å². The number of hydrogen-bond donors (Lipinski definition) is 0. The molecule has 0 aliphatic rings. The van der Waals surface area contributed by atoms with Crippen LogP contribution in [0.1, 0.15) is 25.7 Å². The monoisotopic (exact) mass is 189 g/mol. The molecule has 0 saturated heterocycles. The molecule has 0 aliphatic carbocycles. The van der Waals surface area contributed by atoms with Crippen LogP contribution in [0.15, 0.2) is 0 Å². The van der Waals surface area contributed by atoms with E-state index in [1.54, 1.807) is 14.2 Å². The van der Waals surface area contributed by atoms with Crippen LogP contribution in [0, 0.1) is 0 Å². The lowest BCUT2D eigenvalue weighted by Crippen LogP contribution is -2.14. The molecule has 13 heavy (non-hydrogen) atoms. The Morgan fingerprint density at radius 3 is 2.08 bits per heavy atom. The summed E-state index contributed by atoms with van der Waals surface area (Å²) in [6, 6.07) is 0. The molecule has 3 nitrogen and oxygen atoms in total. The van der Waals surface area contributed by atoms with Crippen LogP contribution in [0.5, 0.6) is 0 Å². The predicted molar refractivity (Wildman–Crippen MR) is 54.8 cm³/mol. The van der Waals surface area contributed by atoms with Crippen LogP contribution in [0.4, 0.5) is 0 Å². The van der Waals surface area contributed by atoms with Crippen LogP contribution < -0.4 is 0 Å². The fourth-order valence-electron chi connectivity index (χ4n) is 1.25. The predicted octanol–water partition coefficient (Wildman–Crippen LogP) is 1.73. The van der Waals surface area contributed by atoms with Crippen molar-refractivity contribution in [2.45, 2.75) is 32.0 Å². The van der Waals surface area contributed by atoms with Gasteiger partial charge in [-0.15, -0.1) is 0 Å². The Bertz CT molecular complexity index is 103. The van der Waals surface area contributed by atoms with E-state index in [2.05, 4.69) is 19.0 Å². The fraction of sp³-hybridized carbons (Fsp3) is 1.00. The zero-order chi connectivity index (χ0) is 10.1. The number of hydrogen-bond acceptors (Lipinski definition) is 3. The number of ether oxygens (including phenoxy) is 2. The van der Waals surface area contributed by atoms with Crippen LogP contribution in [-0.2, 0) is 9.47 Å². The molecule has 0 aliphatic heterocycles. The molecular weight excluding hydrogens is 166 g/mol. The van der Waals surface area contributed by atoms with Gasteiger partial charge in [0.2, 0.25) is 0 Å². The first-order chi connectivity index (χ1) is 6.20. The first-order valence-electron chi connectivity index (χ1n) is 4.91. The van der Waals surface area contributed by atoms with Gasteiger partial charge in [0.15, 0.2) is 6.29 Å². The van der Waals surface area contributed by atoms with E-state index in [1.165, 1.54) is 25.8 Å². The maximum absolute atomic E-state index is 5.09. The molecule has 0 aromatic heterocycles. The van der Waals surface area contributed by atoms with Crippen LogP contribution in [0.25, 0.3) is 0 Å². The summed E-state index contributed by atoms with van der Waals surface area (Å²) in [4.78, 5) is 2.21. The van der Waals surface area contributed by atoms with E-state index in [-0.39, 0.29) is 6.29 Å². The summed E-state index contributed by atoms with van der Waals surface area (Å²) in [7, 11) is 7.59. The molecule has 0 atom stereocenters. The Balaban J connectivity index is 3.14. The average Bonchev–Trinajstić information content (AvgIpc) is 2.11. The molecule has 0 bridgehead atoms. The van der Waals surface area contributed by atoms with Gasteiger partial charge in [-0.3, -0.25) is 0 Å². The minimum atomic E-state index is -0.0145. The van der Waals surface area contributed by atoms with Gasteiger partial charge >= 0.3 is 0 Å². The molecule has 0 fully saturated rings.